The van der Waals surface area contributed by atoms with Gasteiger partial charge in [-0.15, -0.1) is 0 Å². The lowest BCUT2D eigenvalue weighted by atomic mass is 10.1. The molecule has 1 aromatic carbocycles. The van der Waals surface area contributed by atoms with E-state index in [9.17, 15) is 8.42 Å². The van der Waals surface area contributed by atoms with Gasteiger partial charge in [-0.25, -0.2) is 13.1 Å². The Labute approximate surface area is 158 Å². The minimum absolute atomic E-state index is 0.0600. The van der Waals surface area contributed by atoms with E-state index < -0.39 is 10.0 Å². The van der Waals surface area contributed by atoms with E-state index in [1.807, 2.05) is 0 Å². The highest BCUT2D eigenvalue weighted by molar-refractivity contribution is 7.89. The van der Waals surface area contributed by atoms with E-state index >= 15 is 0 Å². The molecule has 0 amide bonds. The number of nitrogens with zero attached hydrogens (tertiary/aromatic N) is 4. The molecule has 27 heavy (non-hydrogen) atoms. The number of benzene rings is 1. The largest absolute Gasteiger partial charge is 0.495 e. The number of hydrogen-bond donors (Lipinski definition) is 1. The molecule has 0 aliphatic carbocycles. The molecular weight excluding hydrogens is 370 g/mol. The summed E-state index contributed by atoms with van der Waals surface area (Å²) in [5.74, 6) is 1.07. The van der Waals surface area contributed by atoms with Crippen molar-refractivity contribution in [1.29, 1.82) is 0 Å². The van der Waals surface area contributed by atoms with E-state index in [-0.39, 0.29) is 23.2 Å². The maximum atomic E-state index is 12.6. The van der Waals surface area contributed by atoms with Crippen molar-refractivity contribution in [2.45, 2.75) is 30.7 Å². The normalized spacial score (nSPS) is 14.8. The fraction of sp³-hybridized carbons (Fsp3) is 0.471. The molecule has 0 spiro atoms. The maximum Gasteiger partial charge on any atom is 0.321 e. The van der Waals surface area contributed by atoms with Crippen LogP contribution in [-0.4, -0.2) is 50.7 Å². The zero-order chi connectivity index (χ0) is 19.3. The topological polar surface area (TPSA) is 107 Å². The smallest absolute Gasteiger partial charge is 0.321 e. The number of rotatable bonds is 7. The van der Waals surface area contributed by atoms with Crippen molar-refractivity contribution in [3.8, 4) is 11.8 Å². The molecule has 1 aliphatic heterocycles. The third-order valence-electron chi connectivity index (χ3n) is 4.25. The monoisotopic (exact) mass is 393 g/mol. The summed E-state index contributed by atoms with van der Waals surface area (Å²) in [6.07, 6.45) is 3.33. The molecule has 0 atom stereocenters. The molecular formula is C17H23N5O4S. The van der Waals surface area contributed by atoms with Crippen molar-refractivity contribution in [1.82, 2.24) is 19.7 Å². The van der Waals surface area contributed by atoms with Crippen LogP contribution in [0.2, 0.25) is 0 Å². The highest BCUT2D eigenvalue weighted by Gasteiger charge is 2.21. The van der Waals surface area contributed by atoms with Gasteiger partial charge in [0.15, 0.2) is 5.82 Å². The van der Waals surface area contributed by atoms with E-state index in [0.29, 0.717) is 11.8 Å². The van der Waals surface area contributed by atoms with E-state index in [1.165, 1.54) is 26.7 Å². The number of sulfonamides is 1. The van der Waals surface area contributed by atoms with Crippen LogP contribution in [0.15, 0.2) is 29.2 Å². The number of methoxy groups -OCH3 is 2. The lowest BCUT2D eigenvalue weighted by Crippen LogP contribution is -2.32. The Bertz CT molecular complexity index is 885. The predicted molar refractivity (Wildman–Crippen MR) is 99.5 cm³/mol. The second kappa shape index (κ2) is 8.49. The first kappa shape index (κ1) is 19.3. The molecule has 0 saturated carbocycles. The lowest BCUT2D eigenvalue weighted by Gasteiger charge is -2.26. The van der Waals surface area contributed by atoms with E-state index in [1.54, 1.807) is 18.2 Å². The van der Waals surface area contributed by atoms with Crippen molar-refractivity contribution in [3.05, 3.63) is 30.1 Å². The summed E-state index contributed by atoms with van der Waals surface area (Å²) in [4.78, 5) is 15.0. The Balaban J connectivity index is 1.80. The molecule has 10 heteroatoms. The van der Waals surface area contributed by atoms with Crippen LogP contribution < -0.4 is 19.1 Å². The van der Waals surface area contributed by atoms with Crippen LogP contribution in [0, 0.1) is 0 Å². The second-order valence-corrected chi connectivity index (χ2v) is 7.80. The summed E-state index contributed by atoms with van der Waals surface area (Å²) < 4.78 is 38.0. The van der Waals surface area contributed by atoms with Crippen LogP contribution in [0.3, 0.4) is 0 Å². The van der Waals surface area contributed by atoms with Gasteiger partial charge >= 0.3 is 6.01 Å². The number of hydrogen-bond acceptors (Lipinski definition) is 8. The maximum absolute atomic E-state index is 12.6. The zero-order valence-corrected chi connectivity index (χ0v) is 16.2. The van der Waals surface area contributed by atoms with Gasteiger partial charge in [-0.2, -0.15) is 15.0 Å². The van der Waals surface area contributed by atoms with Gasteiger partial charge in [0.1, 0.15) is 10.6 Å². The lowest BCUT2D eigenvalue weighted by molar-refractivity contribution is 0.374. The summed E-state index contributed by atoms with van der Waals surface area (Å²) >= 11 is 0. The standard InChI is InChI=1S/C17H23N5O4S/c1-25-13-8-4-5-9-14(13)27(23,24)18-12-15-19-16(21-17(20-15)26-2)22-10-6-3-7-11-22/h4-5,8-9,18H,3,6-7,10-12H2,1-2H3. The summed E-state index contributed by atoms with van der Waals surface area (Å²) in [5, 5.41) is 0. The van der Waals surface area contributed by atoms with Gasteiger partial charge in [0.25, 0.3) is 0 Å². The SMILES string of the molecule is COc1nc(CNS(=O)(=O)c2ccccc2OC)nc(N2CCCCC2)n1. The van der Waals surface area contributed by atoms with Crippen LogP contribution >= 0.6 is 0 Å². The summed E-state index contributed by atoms with van der Waals surface area (Å²) in [7, 11) is -0.891. The molecule has 9 nitrogen and oxygen atoms in total. The Morgan fingerprint density at radius 1 is 1.04 bits per heavy atom. The fourth-order valence-electron chi connectivity index (χ4n) is 2.87. The first-order valence-electron chi connectivity index (χ1n) is 8.70. The number of aromatic nitrogens is 3. The van der Waals surface area contributed by atoms with Crippen LogP contribution in [0.4, 0.5) is 5.95 Å². The Hall–Kier alpha value is -2.46. The first-order chi connectivity index (χ1) is 13.0. The number of ether oxygens (including phenoxy) is 2. The molecule has 1 aromatic heterocycles. The van der Waals surface area contributed by atoms with Gasteiger partial charge in [-0.05, 0) is 31.4 Å². The van der Waals surface area contributed by atoms with Gasteiger partial charge in [-0.3, -0.25) is 0 Å². The molecule has 1 aliphatic rings. The number of para-hydroxylation sites is 1. The van der Waals surface area contributed by atoms with E-state index in [2.05, 4.69) is 24.6 Å². The molecule has 0 unspecified atom stereocenters. The zero-order valence-electron chi connectivity index (χ0n) is 15.4. The molecule has 3 rings (SSSR count). The van der Waals surface area contributed by atoms with Crippen molar-refractivity contribution < 1.29 is 17.9 Å². The highest BCUT2D eigenvalue weighted by atomic mass is 32.2. The number of piperidine rings is 1. The van der Waals surface area contributed by atoms with Gasteiger partial charge in [0, 0.05) is 13.1 Å². The Morgan fingerprint density at radius 2 is 1.78 bits per heavy atom. The molecule has 1 saturated heterocycles. The molecule has 0 radical (unpaired) electrons. The van der Waals surface area contributed by atoms with Gasteiger partial charge in [0.2, 0.25) is 16.0 Å². The van der Waals surface area contributed by atoms with Crippen LogP contribution in [-0.2, 0) is 16.6 Å². The van der Waals surface area contributed by atoms with Crippen molar-refractivity contribution in [2.24, 2.45) is 0 Å². The Kier molecular flexibility index (Phi) is 6.07. The van der Waals surface area contributed by atoms with Gasteiger partial charge < -0.3 is 14.4 Å². The van der Waals surface area contributed by atoms with E-state index in [4.69, 9.17) is 9.47 Å². The fourth-order valence-corrected chi connectivity index (χ4v) is 4.02. The Morgan fingerprint density at radius 3 is 2.48 bits per heavy atom. The molecule has 1 N–H and O–H groups in total. The van der Waals surface area contributed by atoms with Crippen molar-refractivity contribution in [2.75, 3.05) is 32.2 Å². The van der Waals surface area contributed by atoms with Crippen molar-refractivity contribution >= 4 is 16.0 Å². The molecule has 0 bridgehead atoms. The van der Waals surface area contributed by atoms with Crippen LogP contribution in [0.25, 0.3) is 0 Å². The first-order valence-corrected chi connectivity index (χ1v) is 10.2. The second-order valence-electron chi connectivity index (χ2n) is 6.06. The average Bonchev–Trinajstić information content (AvgIpc) is 2.72. The van der Waals surface area contributed by atoms with Crippen LogP contribution in [0.5, 0.6) is 11.8 Å². The molecule has 2 heterocycles. The predicted octanol–water partition coefficient (Wildman–Crippen LogP) is 1.36. The highest BCUT2D eigenvalue weighted by Crippen LogP contribution is 2.23. The average molecular weight is 393 g/mol. The summed E-state index contributed by atoms with van der Waals surface area (Å²) in [6, 6.07) is 6.58. The van der Waals surface area contributed by atoms with Crippen LogP contribution in [0.1, 0.15) is 25.1 Å². The quantitative estimate of drug-likeness (QED) is 0.751. The third kappa shape index (κ3) is 4.64. The number of nitrogens with one attached hydrogen (secondary N) is 1. The summed E-state index contributed by atoms with van der Waals surface area (Å²) in [6.45, 7) is 1.64. The molecule has 1 fully saturated rings. The minimum atomic E-state index is -3.79. The number of anilines is 1. The van der Waals surface area contributed by atoms with Crippen molar-refractivity contribution in [3.63, 3.8) is 0 Å². The third-order valence-corrected chi connectivity index (χ3v) is 5.69. The van der Waals surface area contributed by atoms with Gasteiger partial charge in [0.05, 0.1) is 20.8 Å². The molecule has 2 aromatic rings. The minimum Gasteiger partial charge on any atom is -0.495 e. The molecule has 146 valence electrons. The summed E-state index contributed by atoms with van der Waals surface area (Å²) in [5.41, 5.74) is 0. The van der Waals surface area contributed by atoms with Gasteiger partial charge in [-0.1, -0.05) is 12.1 Å². The van der Waals surface area contributed by atoms with E-state index in [0.717, 1.165) is 25.9 Å².